The largest absolute Gasteiger partial charge is 0.423 e. The molecule has 0 spiro atoms. The van der Waals surface area contributed by atoms with Crippen molar-refractivity contribution in [3.8, 4) is 0 Å². The van der Waals surface area contributed by atoms with Gasteiger partial charge in [0.15, 0.2) is 5.58 Å². The predicted molar refractivity (Wildman–Crippen MR) is 104 cm³/mol. The Balaban J connectivity index is 1.58. The molecule has 26 heavy (non-hydrogen) atoms. The molecular formula is C20H30N4O2. The van der Waals surface area contributed by atoms with Crippen LogP contribution >= 0.6 is 0 Å². The Morgan fingerprint density at radius 1 is 1.38 bits per heavy atom. The molecule has 1 fully saturated rings. The Morgan fingerprint density at radius 2 is 2.08 bits per heavy atom. The molecule has 1 saturated heterocycles. The van der Waals surface area contributed by atoms with E-state index in [9.17, 15) is 4.79 Å². The van der Waals surface area contributed by atoms with E-state index in [0.29, 0.717) is 18.5 Å². The molecule has 6 nitrogen and oxygen atoms in total. The summed E-state index contributed by atoms with van der Waals surface area (Å²) in [5.74, 6) is 0.634. The molecule has 1 unspecified atom stereocenters. The number of hydrogen-bond donors (Lipinski definition) is 2. The van der Waals surface area contributed by atoms with Crippen molar-refractivity contribution in [2.75, 3.05) is 24.5 Å². The summed E-state index contributed by atoms with van der Waals surface area (Å²) in [4.78, 5) is 19.4. The van der Waals surface area contributed by atoms with Gasteiger partial charge >= 0.3 is 0 Å². The highest BCUT2D eigenvalue weighted by atomic mass is 16.4. The fraction of sp³-hybridized carbons (Fsp3) is 0.600. The van der Waals surface area contributed by atoms with Crippen molar-refractivity contribution < 1.29 is 9.21 Å². The number of para-hydroxylation sites is 2. The number of rotatable bonds is 6. The molecule has 1 aromatic heterocycles. The molecule has 1 aliphatic heterocycles. The average molecular weight is 358 g/mol. The lowest BCUT2D eigenvalue weighted by molar-refractivity contribution is -0.127. The van der Waals surface area contributed by atoms with Crippen LogP contribution in [0.4, 0.5) is 6.01 Å². The van der Waals surface area contributed by atoms with Gasteiger partial charge in [0.1, 0.15) is 5.52 Å². The van der Waals surface area contributed by atoms with E-state index in [1.54, 1.807) is 0 Å². The zero-order valence-corrected chi connectivity index (χ0v) is 16.0. The predicted octanol–water partition coefficient (Wildman–Crippen LogP) is 2.92. The van der Waals surface area contributed by atoms with E-state index in [1.807, 2.05) is 31.2 Å². The van der Waals surface area contributed by atoms with Crippen molar-refractivity contribution in [2.24, 2.45) is 17.6 Å². The summed E-state index contributed by atoms with van der Waals surface area (Å²) in [5.41, 5.74) is 7.26. The van der Waals surface area contributed by atoms with Crippen LogP contribution in [0.1, 0.15) is 40.0 Å². The highest BCUT2D eigenvalue weighted by Crippen LogP contribution is 2.27. The van der Waals surface area contributed by atoms with Gasteiger partial charge in [-0.3, -0.25) is 4.79 Å². The van der Waals surface area contributed by atoms with E-state index in [-0.39, 0.29) is 17.4 Å². The maximum atomic E-state index is 12.7. The Kier molecular flexibility index (Phi) is 5.51. The number of aromatic nitrogens is 1. The van der Waals surface area contributed by atoms with Crippen LogP contribution in [-0.4, -0.2) is 36.1 Å². The highest BCUT2D eigenvalue weighted by molar-refractivity contribution is 5.80. The molecule has 6 heteroatoms. The molecule has 0 radical (unpaired) electrons. The number of carbonyl (C=O) groups is 1. The minimum Gasteiger partial charge on any atom is -0.423 e. The van der Waals surface area contributed by atoms with Gasteiger partial charge in [-0.1, -0.05) is 26.0 Å². The zero-order valence-electron chi connectivity index (χ0n) is 16.0. The van der Waals surface area contributed by atoms with Crippen LogP contribution in [0.3, 0.4) is 0 Å². The summed E-state index contributed by atoms with van der Waals surface area (Å²) in [6, 6.07) is 8.42. The van der Waals surface area contributed by atoms with Gasteiger partial charge in [0, 0.05) is 31.1 Å². The molecule has 3 rings (SSSR count). The minimum absolute atomic E-state index is 0.0219. The van der Waals surface area contributed by atoms with Gasteiger partial charge in [-0.25, -0.2) is 0 Å². The van der Waals surface area contributed by atoms with Crippen LogP contribution in [0.25, 0.3) is 11.1 Å². The molecule has 0 aliphatic carbocycles. The molecule has 0 bridgehead atoms. The molecule has 3 N–H and O–H groups in total. The van der Waals surface area contributed by atoms with Crippen molar-refractivity contribution >= 4 is 23.0 Å². The number of carbonyl (C=O) groups excluding carboxylic acids is 1. The Morgan fingerprint density at radius 3 is 2.69 bits per heavy atom. The summed E-state index contributed by atoms with van der Waals surface area (Å²) in [6.07, 6.45) is 2.48. The molecule has 142 valence electrons. The Labute approximate surface area is 155 Å². The van der Waals surface area contributed by atoms with Gasteiger partial charge < -0.3 is 20.4 Å². The first kappa shape index (κ1) is 18.7. The van der Waals surface area contributed by atoms with E-state index in [4.69, 9.17) is 10.2 Å². The van der Waals surface area contributed by atoms with Gasteiger partial charge in [0.2, 0.25) is 5.91 Å². The molecule has 0 saturated carbocycles. The third-order valence-corrected chi connectivity index (χ3v) is 5.15. The average Bonchev–Trinajstić information content (AvgIpc) is 3.05. The summed E-state index contributed by atoms with van der Waals surface area (Å²) >= 11 is 0. The minimum atomic E-state index is -0.331. The number of nitrogens with one attached hydrogen (secondary N) is 1. The second-order valence-electron chi connectivity index (χ2n) is 8.08. The van der Waals surface area contributed by atoms with E-state index in [2.05, 4.69) is 29.0 Å². The van der Waals surface area contributed by atoms with Crippen LogP contribution in [-0.2, 0) is 4.79 Å². The molecule has 1 amide bonds. The number of fused-ring (bicyclic) bond motifs is 1. The molecule has 1 atom stereocenters. The third-order valence-electron chi connectivity index (χ3n) is 5.15. The first-order chi connectivity index (χ1) is 12.4. The van der Waals surface area contributed by atoms with Crippen LogP contribution in [0, 0.1) is 11.8 Å². The lowest BCUT2D eigenvalue weighted by Gasteiger charge is -2.35. The van der Waals surface area contributed by atoms with E-state index >= 15 is 0 Å². The summed E-state index contributed by atoms with van der Waals surface area (Å²) in [7, 11) is 0. The first-order valence-corrected chi connectivity index (χ1v) is 9.53. The van der Waals surface area contributed by atoms with E-state index in [1.165, 1.54) is 0 Å². The monoisotopic (exact) mass is 358 g/mol. The van der Waals surface area contributed by atoms with Crippen molar-refractivity contribution in [3.05, 3.63) is 24.3 Å². The maximum absolute atomic E-state index is 12.7. The molecule has 1 aromatic carbocycles. The van der Waals surface area contributed by atoms with Crippen molar-refractivity contribution in [1.29, 1.82) is 0 Å². The van der Waals surface area contributed by atoms with Crippen LogP contribution in [0.5, 0.6) is 0 Å². The lowest BCUT2D eigenvalue weighted by atomic mass is 9.88. The first-order valence-electron chi connectivity index (χ1n) is 9.53. The van der Waals surface area contributed by atoms with Crippen molar-refractivity contribution in [1.82, 2.24) is 10.3 Å². The number of oxazole rings is 1. The Bertz CT molecular complexity index is 716. The highest BCUT2D eigenvalue weighted by Gasteiger charge is 2.32. The smallest absolute Gasteiger partial charge is 0.298 e. The zero-order chi connectivity index (χ0) is 18.7. The van der Waals surface area contributed by atoms with Crippen LogP contribution < -0.4 is 16.0 Å². The third kappa shape index (κ3) is 4.18. The topological polar surface area (TPSA) is 84.4 Å². The summed E-state index contributed by atoms with van der Waals surface area (Å²) < 4.78 is 5.84. The van der Waals surface area contributed by atoms with Gasteiger partial charge in [-0.05, 0) is 44.2 Å². The number of benzene rings is 1. The fourth-order valence-corrected chi connectivity index (χ4v) is 3.81. The molecular weight excluding hydrogens is 328 g/mol. The standard InChI is InChI=1S/C20H30N4O2/c1-14(2)12-20(3,13-21)23-18(25)15-8-10-24(11-9-15)19-22-16-6-4-5-7-17(16)26-19/h4-7,14-15H,8-13,21H2,1-3H3,(H,23,25). The Hall–Kier alpha value is -2.08. The normalized spacial score (nSPS) is 18.3. The number of hydrogen-bond acceptors (Lipinski definition) is 5. The summed E-state index contributed by atoms with van der Waals surface area (Å²) in [5, 5.41) is 3.20. The van der Waals surface area contributed by atoms with E-state index < -0.39 is 0 Å². The maximum Gasteiger partial charge on any atom is 0.298 e. The molecule has 2 heterocycles. The van der Waals surface area contributed by atoms with Gasteiger partial charge in [0.25, 0.3) is 6.01 Å². The van der Waals surface area contributed by atoms with E-state index in [0.717, 1.165) is 43.5 Å². The SMILES string of the molecule is CC(C)CC(C)(CN)NC(=O)C1CCN(c2nc3ccccc3o2)CC1. The second-order valence-corrected chi connectivity index (χ2v) is 8.08. The quantitative estimate of drug-likeness (QED) is 0.829. The van der Waals surface area contributed by atoms with Crippen LogP contribution in [0.2, 0.25) is 0 Å². The number of anilines is 1. The summed E-state index contributed by atoms with van der Waals surface area (Å²) in [6.45, 7) is 8.34. The number of amides is 1. The molecule has 1 aliphatic rings. The van der Waals surface area contributed by atoms with Crippen LogP contribution in [0.15, 0.2) is 28.7 Å². The lowest BCUT2D eigenvalue weighted by Crippen LogP contribution is -2.54. The van der Waals surface area contributed by atoms with Crippen molar-refractivity contribution in [2.45, 2.75) is 45.6 Å². The molecule has 2 aromatic rings. The number of nitrogens with zero attached hydrogens (tertiary/aromatic N) is 2. The fourth-order valence-electron chi connectivity index (χ4n) is 3.81. The number of piperidine rings is 1. The second kappa shape index (κ2) is 7.66. The van der Waals surface area contributed by atoms with Gasteiger partial charge in [-0.2, -0.15) is 4.98 Å². The van der Waals surface area contributed by atoms with Gasteiger partial charge in [0.05, 0.1) is 0 Å². The van der Waals surface area contributed by atoms with Crippen molar-refractivity contribution in [3.63, 3.8) is 0 Å². The number of nitrogens with two attached hydrogens (primary N) is 1. The van der Waals surface area contributed by atoms with Gasteiger partial charge in [-0.15, -0.1) is 0 Å².